The first-order chi connectivity index (χ1) is 11.1. The van der Waals surface area contributed by atoms with E-state index in [0.29, 0.717) is 5.92 Å². The van der Waals surface area contributed by atoms with E-state index in [1.807, 2.05) is 31.2 Å². The van der Waals surface area contributed by atoms with Crippen molar-refractivity contribution >= 4 is 11.6 Å². The summed E-state index contributed by atoms with van der Waals surface area (Å²) in [7, 11) is 0. The third kappa shape index (κ3) is 3.50. The quantitative estimate of drug-likeness (QED) is 0.674. The first-order valence-electron chi connectivity index (χ1n) is 8.03. The van der Waals surface area contributed by atoms with Gasteiger partial charge >= 0.3 is 0 Å². The second-order valence-electron chi connectivity index (χ2n) is 6.33. The SMILES string of the molecule is C/C(=N/NC(=O)[C@H]1C[C@@H]1c1ccccc1)c1ccc(C)c(C)c1. The second kappa shape index (κ2) is 6.37. The molecule has 0 unspecified atom stereocenters. The zero-order valence-electron chi connectivity index (χ0n) is 13.8. The van der Waals surface area contributed by atoms with Crippen LogP contribution in [0.3, 0.4) is 0 Å². The topological polar surface area (TPSA) is 41.5 Å². The molecule has 0 spiro atoms. The first kappa shape index (κ1) is 15.5. The Kier molecular flexibility index (Phi) is 4.28. The number of carbonyl (C=O) groups is 1. The summed E-state index contributed by atoms with van der Waals surface area (Å²) in [6.07, 6.45) is 0.911. The number of carbonyl (C=O) groups excluding carboxylic acids is 1. The predicted octanol–water partition coefficient (Wildman–Crippen LogP) is 3.95. The third-order valence-electron chi connectivity index (χ3n) is 4.61. The average molecular weight is 306 g/mol. The second-order valence-corrected chi connectivity index (χ2v) is 6.33. The van der Waals surface area contributed by atoms with Crippen molar-refractivity contribution in [2.24, 2.45) is 11.0 Å². The number of nitrogens with zero attached hydrogens (tertiary/aromatic N) is 1. The minimum atomic E-state index is 0.0158. The highest BCUT2D eigenvalue weighted by Crippen LogP contribution is 2.47. The third-order valence-corrected chi connectivity index (χ3v) is 4.61. The average Bonchev–Trinajstić information content (AvgIpc) is 3.36. The van der Waals surface area contributed by atoms with E-state index in [-0.39, 0.29) is 11.8 Å². The molecule has 0 aromatic heterocycles. The molecular formula is C20H22N2O. The zero-order chi connectivity index (χ0) is 16.4. The molecule has 2 aromatic carbocycles. The van der Waals surface area contributed by atoms with Gasteiger partial charge in [-0.25, -0.2) is 5.43 Å². The van der Waals surface area contributed by atoms with E-state index >= 15 is 0 Å². The van der Waals surface area contributed by atoms with Gasteiger partial charge < -0.3 is 0 Å². The van der Waals surface area contributed by atoms with Crippen molar-refractivity contribution in [1.82, 2.24) is 5.43 Å². The van der Waals surface area contributed by atoms with Crippen LogP contribution in [0.25, 0.3) is 0 Å². The lowest BCUT2D eigenvalue weighted by molar-refractivity contribution is -0.122. The van der Waals surface area contributed by atoms with Gasteiger partial charge in [-0.1, -0.05) is 42.5 Å². The van der Waals surface area contributed by atoms with Crippen molar-refractivity contribution in [2.45, 2.75) is 33.1 Å². The van der Waals surface area contributed by atoms with Gasteiger partial charge in [0.25, 0.3) is 0 Å². The molecule has 3 rings (SSSR count). The van der Waals surface area contributed by atoms with Gasteiger partial charge in [0.1, 0.15) is 0 Å². The first-order valence-corrected chi connectivity index (χ1v) is 8.03. The summed E-state index contributed by atoms with van der Waals surface area (Å²) < 4.78 is 0. The Hall–Kier alpha value is -2.42. The molecule has 0 saturated heterocycles. The van der Waals surface area contributed by atoms with Crippen LogP contribution in [0.5, 0.6) is 0 Å². The Bertz CT molecular complexity index is 749. The van der Waals surface area contributed by atoms with Gasteiger partial charge in [0.2, 0.25) is 5.91 Å². The van der Waals surface area contributed by atoms with E-state index in [0.717, 1.165) is 17.7 Å². The van der Waals surface area contributed by atoms with Crippen LogP contribution in [0.15, 0.2) is 53.6 Å². The summed E-state index contributed by atoms with van der Waals surface area (Å²) in [5.74, 6) is 0.407. The fraction of sp³-hybridized carbons (Fsp3) is 0.300. The molecule has 1 saturated carbocycles. The molecule has 23 heavy (non-hydrogen) atoms. The molecule has 1 N–H and O–H groups in total. The molecule has 3 heteroatoms. The Balaban J connectivity index is 1.61. The van der Waals surface area contributed by atoms with Crippen LogP contribution in [0.4, 0.5) is 0 Å². The lowest BCUT2D eigenvalue weighted by Gasteiger charge is -2.06. The maximum Gasteiger partial charge on any atom is 0.243 e. The lowest BCUT2D eigenvalue weighted by Crippen LogP contribution is -2.21. The number of rotatable bonds is 4. The molecule has 1 aliphatic carbocycles. The normalized spacial score (nSPS) is 20.2. The van der Waals surface area contributed by atoms with Crippen molar-refractivity contribution in [3.63, 3.8) is 0 Å². The molecular weight excluding hydrogens is 284 g/mol. The Morgan fingerprint density at radius 3 is 2.52 bits per heavy atom. The number of hydrogen-bond donors (Lipinski definition) is 1. The largest absolute Gasteiger partial charge is 0.273 e. The fourth-order valence-corrected chi connectivity index (χ4v) is 2.81. The Labute approximate surface area is 137 Å². The molecule has 1 aliphatic rings. The number of aryl methyl sites for hydroxylation is 2. The maximum absolute atomic E-state index is 12.2. The molecule has 1 fully saturated rings. The van der Waals surface area contributed by atoms with E-state index in [9.17, 15) is 4.79 Å². The lowest BCUT2D eigenvalue weighted by atomic mass is 10.0. The van der Waals surface area contributed by atoms with Crippen molar-refractivity contribution in [1.29, 1.82) is 0 Å². The number of hydrogen-bond acceptors (Lipinski definition) is 2. The van der Waals surface area contributed by atoms with Gasteiger partial charge in [0.15, 0.2) is 0 Å². The maximum atomic E-state index is 12.2. The molecule has 0 heterocycles. The van der Waals surface area contributed by atoms with Gasteiger partial charge in [-0.05, 0) is 61.4 Å². The minimum Gasteiger partial charge on any atom is -0.273 e. The van der Waals surface area contributed by atoms with Crippen molar-refractivity contribution in [3.8, 4) is 0 Å². The van der Waals surface area contributed by atoms with Crippen LogP contribution in [0.1, 0.15) is 41.5 Å². The van der Waals surface area contributed by atoms with Crippen molar-refractivity contribution in [3.05, 3.63) is 70.8 Å². The molecule has 1 amide bonds. The predicted molar refractivity (Wildman–Crippen MR) is 93.6 cm³/mol. The fourth-order valence-electron chi connectivity index (χ4n) is 2.81. The summed E-state index contributed by atoms with van der Waals surface area (Å²) in [6, 6.07) is 16.4. The van der Waals surface area contributed by atoms with Crippen LogP contribution in [-0.4, -0.2) is 11.6 Å². The van der Waals surface area contributed by atoms with Gasteiger partial charge in [0.05, 0.1) is 5.71 Å². The smallest absolute Gasteiger partial charge is 0.243 e. The number of benzene rings is 2. The highest BCUT2D eigenvalue weighted by molar-refractivity contribution is 5.99. The number of hydrazone groups is 1. The van der Waals surface area contributed by atoms with Crippen LogP contribution in [-0.2, 0) is 4.79 Å². The van der Waals surface area contributed by atoms with Crippen LogP contribution in [0.2, 0.25) is 0 Å². The highest BCUT2D eigenvalue weighted by atomic mass is 16.2. The van der Waals surface area contributed by atoms with Gasteiger partial charge in [-0.3, -0.25) is 4.79 Å². The number of nitrogens with one attached hydrogen (secondary N) is 1. The van der Waals surface area contributed by atoms with Crippen LogP contribution < -0.4 is 5.43 Å². The van der Waals surface area contributed by atoms with E-state index < -0.39 is 0 Å². The monoisotopic (exact) mass is 306 g/mol. The summed E-state index contributed by atoms with van der Waals surface area (Å²) in [6.45, 7) is 6.09. The van der Waals surface area contributed by atoms with Gasteiger partial charge in [-0.2, -0.15) is 5.10 Å². The van der Waals surface area contributed by atoms with E-state index in [2.05, 4.69) is 48.6 Å². The summed E-state index contributed by atoms with van der Waals surface area (Å²) >= 11 is 0. The Morgan fingerprint density at radius 2 is 1.83 bits per heavy atom. The molecule has 3 nitrogen and oxygen atoms in total. The molecule has 0 bridgehead atoms. The summed E-state index contributed by atoms with van der Waals surface area (Å²) in [5, 5.41) is 4.27. The molecule has 0 radical (unpaired) electrons. The molecule has 2 atom stereocenters. The van der Waals surface area contributed by atoms with Crippen molar-refractivity contribution < 1.29 is 4.79 Å². The highest BCUT2D eigenvalue weighted by Gasteiger charge is 2.43. The molecule has 0 aliphatic heterocycles. The number of amides is 1. The molecule has 118 valence electrons. The van der Waals surface area contributed by atoms with E-state index in [1.165, 1.54) is 16.7 Å². The van der Waals surface area contributed by atoms with Crippen molar-refractivity contribution in [2.75, 3.05) is 0 Å². The van der Waals surface area contributed by atoms with E-state index in [1.54, 1.807) is 0 Å². The summed E-state index contributed by atoms with van der Waals surface area (Å²) in [5.41, 5.74) is 8.33. The Morgan fingerprint density at radius 1 is 1.09 bits per heavy atom. The summed E-state index contributed by atoms with van der Waals surface area (Å²) in [4.78, 5) is 12.2. The van der Waals surface area contributed by atoms with Crippen LogP contribution in [0, 0.1) is 19.8 Å². The zero-order valence-corrected chi connectivity index (χ0v) is 13.8. The van der Waals surface area contributed by atoms with Gasteiger partial charge in [0, 0.05) is 5.92 Å². The minimum absolute atomic E-state index is 0.0158. The standard InChI is InChI=1S/C20H22N2O/c1-13-9-10-17(11-14(13)2)15(3)21-22-20(23)19-12-18(19)16-7-5-4-6-8-16/h4-11,18-19H,12H2,1-3H3,(H,22,23)/b21-15-/t18-,19+/m1/s1. The van der Waals surface area contributed by atoms with E-state index in [4.69, 9.17) is 0 Å². The molecule has 2 aromatic rings. The van der Waals surface area contributed by atoms with Crippen LogP contribution >= 0.6 is 0 Å². The van der Waals surface area contributed by atoms with Gasteiger partial charge in [-0.15, -0.1) is 0 Å².